The molecular weight excluding hydrogens is 366 g/mol. The van der Waals surface area contributed by atoms with Gasteiger partial charge in [0.2, 0.25) is 0 Å². The summed E-state index contributed by atoms with van der Waals surface area (Å²) in [5, 5.41) is 5.65. The van der Waals surface area contributed by atoms with Gasteiger partial charge in [0.1, 0.15) is 11.4 Å². The Morgan fingerprint density at radius 2 is 1.55 bits per heavy atom. The van der Waals surface area contributed by atoms with Gasteiger partial charge in [0.15, 0.2) is 0 Å². The number of carbonyl (C=O) groups is 2. The summed E-state index contributed by atoms with van der Waals surface area (Å²) >= 11 is 0. The second-order valence-corrected chi connectivity index (χ2v) is 6.82. The van der Waals surface area contributed by atoms with Crippen LogP contribution in [-0.2, 0) is 0 Å². The van der Waals surface area contributed by atoms with Crippen LogP contribution in [0.1, 0.15) is 40.3 Å². The Labute approximate surface area is 169 Å². The van der Waals surface area contributed by atoms with Gasteiger partial charge in [-0.25, -0.2) is 0 Å². The van der Waals surface area contributed by atoms with E-state index in [0.29, 0.717) is 22.7 Å². The number of anilines is 2. The molecule has 0 aliphatic heterocycles. The van der Waals surface area contributed by atoms with Gasteiger partial charge in [-0.05, 0) is 56.7 Å². The lowest BCUT2D eigenvalue weighted by atomic mass is 10.1. The van der Waals surface area contributed by atoms with Crippen LogP contribution in [0.3, 0.4) is 0 Å². The summed E-state index contributed by atoms with van der Waals surface area (Å²) in [5.41, 5.74) is 2.70. The van der Waals surface area contributed by atoms with Crippen LogP contribution < -0.4 is 15.4 Å². The maximum absolute atomic E-state index is 12.7. The highest BCUT2D eigenvalue weighted by atomic mass is 16.5. The zero-order valence-corrected chi connectivity index (χ0v) is 16.6. The standard InChI is InChI=1S/C23H23N3O3/c1-15(2)29-21-11-7-6-10-19(21)26-22(27)17-12-13-24-20(14-17)23(28)25-18-9-5-4-8-16(18)3/h4-15H,1-3H3,(H,25,28)(H,26,27). The number of hydrogen-bond acceptors (Lipinski definition) is 4. The van der Waals surface area contributed by atoms with Crippen molar-refractivity contribution in [3.63, 3.8) is 0 Å². The van der Waals surface area contributed by atoms with E-state index in [4.69, 9.17) is 4.74 Å². The van der Waals surface area contributed by atoms with Gasteiger partial charge in [-0.1, -0.05) is 30.3 Å². The van der Waals surface area contributed by atoms with Crippen LogP contribution in [-0.4, -0.2) is 22.9 Å². The molecule has 0 radical (unpaired) electrons. The molecule has 29 heavy (non-hydrogen) atoms. The number of amides is 2. The van der Waals surface area contributed by atoms with E-state index in [1.165, 1.54) is 12.3 Å². The molecule has 0 bridgehead atoms. The number of ether oxygens (including phenoxy) is 1. The van der Waals surface area contributed by atoms with Crippen LogP contribution in [0.5, 0.6) is 5.75 Å². The summed E-state index contributed by atoms with van der Waals surface area (Å²) < 4.78 is 5.73. The Morgan fingerprint density at radius 1 is 0.897 bits per heavy atom. The lowest BCUT2D eigenvalue weighted by Gasteiger charge is -2.15. The maximum atomic E-state index is 12.7. The van der Waals surface area contributed by atoms with Crippen molar-refractivity contribution in [1.82, 2.24) is 4.98 Å². The van der Waals surface area contributed by atoms with Gasteiger partial charge in [-0.15, -0.1) is 0 Å². The lowest BCUT2D eigenvalue weighted by Crippen LogP contribution is -2.18. The molecule has 0 spiro atoms. The molecular formula is C23H23N3O3. The van der Waals surface area contributed by atoms with Crippen LogP contribution in [0.15, 0.2) is 66.9 Å². The number of hydrogen-bond donors (Lipinski definition) is 2. The minimum Gasteiger partial charge on any atom is -0.489 e. The first kappa shape index (κ1) is 20.1. The summed E-state index contributed by atoms with van der Waals surface area (Å²) in [6.45, 7) is 5.74. The molecule has 0 aliphatic carbocycles. The zero-order chi connectivity index (χ0) is 20.8. The van der Waals surface area contributed by atoms with E-state index in [-0.39, 0.29) is 23.6 Å². The topological polar surface area (TPSA) is 80.3 Å². The van der Waals surface area contributed by atoms with Gasteiger partial charge in [0, 0.05) is 17.4 Å². The molecule has 2 N–H and O–H groups in total. The number of benzene rings is 2. The smallest absolute Gasteiger partial charge is 0.274 e. The summed E-state index contributed by atoms with van der Waals surface area (Å²) in [5.74, 6) is -0.142. The number of para-hydroxylation sites is 3. The fourth-order valence-electron chi connectivity index (χ4n) is 2.72. The highest BCUT2D eigenvalue weighted by molar-refractivity contribution is 6.08. The molecule has 3 rings (SSSR count). The number of carbonyl (C=O) groups excluding carboxylic acids is 2. The predicted molar refractivity (Wildman–Crippen MR) is 114 cm³/mol. The lowest BCUT2D eigenvalue weighted by molar-refractivity contribution is 0.102. The van der Waals surface area contributed by atoms with E-state index in [1.807, 2.05) is 57.2 Å². The Bertz CT molecular complexity index is 1030. The quantitative estimate of drug-likeness (QED) is 0.641. The summed E-state index contributed by atoms with van der Waals surface area (Å²) in [4.78, 5) is 29.4. The SMILES string of the molecule is Cc1ccccc1NC(=O)c1cc(C(=O)Nc2ccccc2OC(C)C)ccn1. The van der Waals surface area contributed by atoms with E-state index in [9.17, 15) is 9.59 Å². The van der Waals surface area contributed by atoms with Gasteiger partial charge in [-0.3, -0.25) is 14.6 Å². The molecule has 0 unspecified atom stereocenters. The number of aryl methyl sites for hydroxylation is 1. The molecule has 3 aromatic rings. The number of pyridine rings is 1. The van der Waals surface area contributed by atoms with Crippen molar-refractivity contribution < 1.29 is 14.3 Å². The van der Waals surface area contributed by atoms with Crippen molar-refractivity contribution in [2.24, 2.45) is 0 Å². The van der Waals surface area contributed by atoms with Crippen molar-refractivity contribution in [2.75, 3.05) is 10.6 Å². The Morgan fingerprint density at radius 3 is 2.28 bits per heavy atom. The average Bonchev–Trinajstić information content (AvgIpc) is 2.71. The molecule has 0 saturated carbocycles. The van der Waals surface area contributed by atoms with Gasteiger partial charge in [0.05, 0.1) is 11.8 Å². The van der Waals surface area contributed by atoms with Gasteiger partial charge >= 0.3 is 0 Å². The van der Waals surface area contributed by atoms with Crippen molar-refractivity contribution >= 4 is 23.2 Å². The molecule has 6 heteroatoms. The summed E-state index contributed by atoms with van der Waals surface area (Å²) in [7, 11) is 0. The molecule has 2 amide bonds. The van der Waals surface area contributed by atoms with Crippen LogP contribution in [0, 0.1) is 6.92 Å². The molecule has 0 fully saturated rings. The molecule has 1 heterocycles. The van der Waals surface area contributed by atoms with E-state index < -0.39 is 0 Å². The molecule has 0 saturated heterocycles. The maximum Gasteiger partial charge on any atom is 0.274 e. The number of nitrogens with one attached hydrogen (secondary N) is 2. The normalized spacial score (nSPS) is 10.5. The first-order valence-corrected chi connectivity index (χ1v) is 9.34. The largest absolute Gasteiger partial charge is 0.489 e. The first-order chi connectivity index (χ1) is 13.9. The molecule has 0 atom stereocenters. The number of aromatic nitrogens is 1. The molecule has 0 aliphatic rings. The van der Waals surface area contributed by atoms with Crippen molar-refractivity contribution in [2.45, 2.75) is 26.9 Å². The third kappa shape index (κ3) is 5.19. The van der Waals surface area contributed by atoms with E-state index in [0.717, 1.165) is 5.56 Å². The van der Waals surface area contributed by atoms with Crippen molar-refractivity contribution in [3.05, 3.63) is 83.7 Å². The number of rotatable bonds is 6. The predicted octanol–water partition coefficient (Wildman–Crippen LogP) is 4.68. The van der Waals surface area contributed by atoms with E-state index in [2.05, 4.69) is 15.6 Å². The number of nitrogens with zero attached hydrogens (tertiary/aromatic N) is 1. The molecule has 148 valence electrons. The molecule has 6 nitrogen and oxygen atoms in total. The highest BCUT2D eigenvalue weighted by Gasteiger charge is 2.15. The average molecular weight is 389 g/mol. The van der Waals surface area contributed by atoms with Crippen molar-refractivity contribution in [3.8, 4) is 5.75 Å². The van der Waals surface area contributed by atoms with Gasteiger partial charge in [0.25, 0.3) is 11.8 Å². The van der Waals surface area contributed by atoms with Crippen LogP contribution in [0.4, 0.5) is 11.4 Å². The molecule has 2 aromatic carbocycles. The first-order valence-electron chi connectivity index (χ1n) is 9.34. The van der Waals surface area contributed by atoms with Gasteiger partial charge < -0.3 is 15.4 Å². The van der Waals surface area contributed by atoms with Crippen LogP contribution in [0.2, 0.25) is 0 Å². The fourth-order valence-corrected chi connectivity index (χ4v) is 2.72. The van der Waals surface area contributed by atoms with E-state index in [1.54, 1.807) is 18.2 Å². The Balaban J connectivity index is 1.76. The summed E-state index contributed by atoms with van der Waals surface area (Å²) in [6, 6.07) is 17.7. The Hall–Kier alpha value is -3.67. The Kier molecular flexibility index (Phi) is 6.24. The third-order valence-corrected chi connectivity index (χ3v) is 4.15. The van der Waals surface area contributed by atoms with Crippen LogP contribution in [0.25, 0.3) is 0 Å². The monoisotopic (exact) mass is 389 g/mol. The van der Waals surface area contributed by atoms with Gasteiger partial charge in [-0.2, -0.15) is 0 Å². The summed E-state index contributed by atoms with van der Waals surface area (Å²) in [6.07, 6.45) is 1.42. The minimum absolute atomic E-state index is 0.0225. The highest BCUT2D eigenvalue weighted by Crippen LogP contribution is 2.25. The second-order valence-electron chi connectivity index (χ2n) is 6.82. The zero-order valence-electron chi connectivity index (χ0n) is 16.6. The van der Waals surface area contributed by atoms with Crippen LogP contribution >= 0.6 is 0 Å². The second kappa shape index (κ2) is 9.01. The third-order valence-electron chi connectivity index (χ3n) is 4.15. The minimum atomic E-state index is -0.377. The van der Waals surface area contributed by atoms with E-state index >= 15 is 0 Å². The molecule has 1 aromatic heterocycles. The fraction of sp³-hybridized carbons (Fsp3) is 0.174. The van der Waals surface area contributed by atoms with Crippen molar-refractivity contribution in [1.29, 1.82) is 0 Å².